The van der Waals surface area contributed by atoms with Crippen LogP contribution in [-0.2, 0) is 13.6 Å². The Morgan fingerprint density at radius 3 is 2.95 bits per heavy atom. The molecule has 0 bridgehead atoms. The molecular formula is C15H12ClN5. The van der Waals surface area contributed by atoms with E-state index in [2.05, 4.69) is 21.4 Å². The van der Waals surface area contributed by atoms with Crippen LogP contribution in [0.1, 0.15) is 11.3 Å². The number of nitrogens with zero attached hydrogens (tertiary/aromatic N) is 4. The molecule has 0 atom stereocenters. The van der Waals surface area contributed by atoms with Gasteiger partial charge in [-0.25, -0.2) is 4.98 Å². The molecule has 21 heavy (non-hydrogen) atoms. The Morgan fingerprint density at radius 1 is 1.38 bits per heavy atom. The number of nitrogens with one attached hydrogen (secondary N) is 1. The van der Waals surface area contributed by atoms with Gasteiger partial charge < -0.3 is 9.88 Å². The lowest BCUT2D eigenvalue weighted by Crippen LogP contribution is -2.06. The number of nitriles is 1. The van der Waals surface area contributed by atoms with E-state index < -0.39 is 0 Å². The van der Waals surface area contributed by atoms with E-state index in [4.69, 9.17) is 11.6 Å². The second kappa shape index (κ2) is 5.43. The van der Waals surface area contributed by atoms with Crippen LogP contribution in [0.2, 0.25) is 5.02 Å². The topological polar surface area (TPSA) is 66.5 Å². The average Bonchev–Trinajstić information content (AvgIpc) is 2.90. The van der Waals surface area contributed by atoms with Gasteiger partial charge in [0.05, 0.1) is 40.4 Å². The Labute approximate surface area is 126 Å². The molecule has 0 saturated heterocycles. The minimum atomic E-state index is 0.493. The summed E-state index contributed by atoms with van der Waals surface area (Å²) in [5.74, 6) is 0. The molecule has 0 spiro atoms. The molecule has 2 heterocycles. The van der Waals surface area contributed by atoms with Crippen LogP contribution in [0, 0.1) is 11.3 Å². The quantitative estimate of drug-likeness (QED) is 0.806. The molecule has 1 N–H and O–H groups in total. The lowest BCUT2D eigenvalue weighted by Gasteiger charge is -2.12. The molecular weight excluding hydrogens is 286 g/mol. The van der Waals surface area contributed by atoms with Crippen LogP contribution < -0.4 is 5.32 Å². The van der Waals surface area contributed by atoms with Crippen LogP contribution in [0.4, 0.5) is 5.69 Å². The molecule has 0 radical (unpaired) electrons. The zero-order chi connectivity index (χ0) is 14.8. The Morgan fingerprint density at radius 2 is 2.24 bits per heavy atom. The van der Waals surface area contributed by atoms with E-state index in [1.807, 2.05) is 23.7 Å². The van der Waals surface area contributed by atoms with Gasteiger partial charge in [0.2, 0.25) is 0 Å². The summed E-state index contributed by atoms with van der Waals surface area (Å²) in [5, 5.41) is 14.0. The summed E-state index contributed by atoms with van der Waals surface area (Å²) in [6.07, 6.45) is 5.07. The highest BCUT2D eigenvalue weighted by atomic mass is 35.5. The first kappa shape index (κ1) is 13.4. The van der Waals surface area contributed by atoms with Crippen molar-refractivity contribution in [1.29, 1.82) is 5.26 Å². The van der Waals surface area contributed by atoms with Gasteiger partial charge >= 0.3 is 0 Å². The second-order valence-electron chi connectivity index (χ2n) is 4.64. The SMILES string of the molecule is Cn1cncc1CNc1c(C#N)cnc2c(Cl)cccc12. The molecule has 104 valence electrons. The van der Waals surface area contributed by atoms with Gasteiger partial charge in [0.1, 0.15) is 6.07 Å². The number of benzene rings is 1. The fraction of sp³-hybridized carbons (Fsp3) is 0.133. The van der Waals surface area contributed by atoms with E-state index in [0.29, 0.717) is 22.6 Å². The van der Waals surface area contributed by atoms with Crippen LogP contribution >= 0.6 is 11.6 Å². The van der Waals surface area contributed by atoms with Gasteiger partial charge in [0.15, 0.2) is 0 Å². The van der Waals surface area contributed by atoms with Gasteiger partial charge in [-0.15, -0.1) is 0 Å². The number of fused-ring (bicyclic) bond motifs is 1. The first-order valence-corrected chi connectivity index (χ1v) is 6.75. The Balaban J connectivity index is 2.06. The molecule has 3 aromatic rings. The summed E-state index contributed by atoms with van der Waals surface area (Å²) in [6.45, 7) is 0.566. The van der Waals surface area contributed by atoms with Crippen LogP contribution in [-0.4, -0.2) is 14.5 Å². The van der Waals surface area contributed by atoms with E-state index in [1.165, 1.54) is 0 Å². The smallest absolute Gasteiger partial charge is 0.103 e. The molecule has 0 aliphatic rings. The Kier molecular flexibility index (Phi) is 3.46. The normalized spacial score (nSPS) is 10.5. The molecule has 5 nitrogen and oxygen atoms in total. The molecule has 0 fully saturated rings. The zero-order valence-electron chi connectivity index (χ0n) is 11.3. The summed E-state index contributed by atoms with van der Waals surface area (Å²) in [7, 11) is 1.93. The van der Waals surface area contributed by atoms with Crippen LogP contribution in [0.3, 0.4) is 0 Å². The minimum absolute atomic E-state index is 0.493. The molecule has 3 rings (SSSR count). The van der Waals surface area contributed by atoms with Crippen molar-refractivity contribution in [2.24, 2.45) is 7.05 Å². The highest BCUT2D eigenvalue weighted by molar-refractivity contribution is 6.35. The monoisotopic (exact) mass is 297 g/mol. The van der Waals surface area contributed by atoms with Crippen LogP contribution in [0.25, 0.3) is 10.9 Å². The third-order valence-electron chi connectivity index (χ3n) is 3.33. The summed E-state index contributed by atoms with van der Waals surface area (Å²) in [6, 6.07) is 7.70. The van der Waals surface area contributed by atoms with Crippen molar-refractivity contribution in [3.63, 3.8) is 0 Å². The first-order chi connectivity index (χ1) is 10.2. The predicted molar refractivity (Wildman–Crippen MR) is 82.0 cm³/mol. The van der Waals surface area contributed by atoms with Crippen LogP contribution in [0.5, 0.6) is 0 Å². The number of hydrogen-bond acceptors (Lipinski definition) is 4. The number of para-hydroxylation sites is 1. The number of anilines is 1. The van der Waals surface area contributed by atoms with Crippen molar-refractivity contribution in [2.75, 3.05) is 5.32 Å². The number of halogens is 1. The lowest BCUT2D eigenvalue weighted by molar-refractivity contribution is 0.837. The maximum absolute atomic E-state index is 9.28. The third-order valence-corrected chi connectivity index (χ3v) is 3.64. The molecule has 1 aromatic carbocycles. The largest absolute Gasteiger partial charge is 0.378 e. The maximum Gasteiger partial charge on any atom is 0.103 e. The zero-order valence-corrected chi connectivity index (χ0v) is 12.1. The van der Waals surface area contributed by atoms with E-state index in [9.17, 15) is 5.26 Å². The Hall–Kier alpha value is -2.58. The van der Waals surface area contributed by atoms with Gasteiger partial charge in [-0.1, -0.05) is 23.7 Å². The van der Waals surface area contributed by atoms with Crippen molar-refractivity contribution >= 4 is 28.2 Å². The molecule has 2 aromatic heterocycles. The van der Waals surface area contributed by atoms with Crippen molar-refractivity contribution in [1.82, 2.24) is 14.5 Å². The van der Waals surface area contributed by atoms with E-state index in [1.54, 1.807) is 24.8 Å². The molecule has 0 aliphatic heterocycles. The molecule has 0 amide bonds. The number of aromatic nitrogens is 3. The van der Waals surface area contributed by atoms with E-state index in [-0.39, 0.29) is 0 Å². The molecule has 0 aliphatic carbocycles. The average molecular weight is 298 g/mol. The number of hydrogen-bond donors (Lipinski definition) is 1. The standard InChI is InChI=1S/C15H12ClN5/c1-21-9-18-7-11(21)8-20-14-10(5-17)6-19-15-12(14)3-2-4-13(15)16/h2-4,6-7,9H,8H2,1H3,(H,19,20). The summed E-state index contributed by atoms with van der Waals surface area (Å²) in [4.78, 5) is 8.34. The number of aryl methyl sites for hydroxylation is 1. The van der Waals surface area contributed by atoms with Gasteiger partial charge in [-0.05, 0) is 6.07 Å². The van der Waals surface area contributed by atoms with E-state index >= 15 is 0 Å². The van der Waals surface area contributed by atoms with E-state index in [0.717, 1.165) is 16.8 Å². The highest BCUT2D eigenvalue weighted by Gasteiger charge is 2.11. The molecule has 6 heteroatoms. The molecule has 0 unspecified atom stereocenters. The number of imidazole rings is 1. The number of rotatable bonds is 3. The second-order valence-corrected chi connectivity index (χ2v) is 5.05. The minimum Gasteiger partial charge on any atom is -0.378 e. The Bertz CT molecular complexity index is 847. The van der Waals surface area contributed by atoms with Crippen molar-refractivity contribution in [3.8, 4) is 6.07 Å². The maximum atomic E-state index is 9.28. The van der Waals surface area contributed by atoms with Gasteiger partial charge in [-0.3, -0.25) is 4.98 Å². The summed E-state index contributed by atoms with van der Waals surface area (Å²) in [5.41, 5.74) is 2.94. The molecule has 0 saturated carbocycles. The van der Waals surface area contributed by atoms with Crippen molar-refractivity contribution in [3.05, 3.63) is 53.2 Å². The predicted octanol–water partition coefficient (Wildman–Crippen LogP) is 3.11. The fourth-order valence-corrected chi connectivity index (χ4v) is 2.42. The van der Waals surface area contributed by atoms with Gasteiger partial charge in [-0.2, -0.15) is 5.26 Å². The number of pyridine rings is 1. The summed E-state index contributed by atoms with van der Waals surface area (Å²) < 4.78 is 1.93. The van der Waals surface area contributed by atoms with Gasteiger partial charge in [0, 0.05) is 24.8 Å². The summed E-state index contributed by atoms with van der Waals surface area (Å²) >= 11 is 6.16. The van der Waals surface area contributed by atoms with Crippen LogP contribution in [0.15, 0.2) is 36.9 Å². The fourth-order valence-electron chi connectivity index (χ4n) is 2.20. The first-order valence-electron chi connectivity index (χ1n) is 6.37. The lowest BCUT2D eigenvalue weighted by atomic mass is 10.1. The van der Waals surface area contributed by atoms with Crippen molar-refractivity contribution in [2.45, 2.75) is 6.54 Å². The third kappa shape index (κ3) is 2.41. The van der Waals surface area contributed by atoms with Crippen molar-refractivity contribution < 1.29 is 0 Å². The van der Waals surface area contributed by atoms with Gasteiger partial charge in [0.25, 0.3) is 0 Å². The highest BCUT2D eigenvalue weighted by Crippen LogP contribution is 2.30.